The van der Waals surface area contributed by atoms with Gasteiger partial charge < -0.3 is 4.74 Å². The highest BCUT2D eigenvalue weighted by molar-refractivity contribution is 8.00. The molecule has 82 valence electrons. The predicted octanol–water partition coefficient (Wildman–Crippen LogP) is 3.04. The van der Waals surface area contributed by atoms with Crippen molar-refractivity contribution in [3.8, 4) is 0 Å². The average Bonchev–Trinajstić information content (AvgIpc) is 2.25. The van der Waals surface area contributed by atoms with E-state index in [-0.39, 0.29) is 11.2 Å². The molecule has 0 bridgehead atoms. The molecule has 0 heterocycles. The van der Waals surface area contributed by atoms with Gasteiger partial charge in [0, 0.05) is 4.90 Å². The van der Waals surface area contributed by atoms with Crippen LogP contribution in [-0.2, 0) is 9.53 Å². The predicted molar refractivity (Wildman–Crippen MR) is 63.1 cm³/mol. The minimum absolute atomic E-state index is 0.100. The van der Waals surface area contributed by atoms with Gasteiger partial charge in [-0.25, -0.2) is 0 Å². The number of carbonyl (C=O) groups excluding carboxylic acids is 1. The van der Waals surface area contributed by atoms with Crippen molar-refractivity contribution in [2.75, 3.05) is 7.11 Å². The number of thioether (sulfide) groups is 1. The second-order valence-corrected chi connectivity index (χ2v) is 4.63. The van der Waals surface area contributed by atoms with Crippen LogP contribution in [0.2, 0.25) is 0 Å². The van der Waals surface area contributed by atoms with Crippen LogP contribution in [0.15, 0.2) is 29.2 Å². The van der Waals surface area contributed by atoms with Gasteiger partial charge in [0.05, 0.1) is 7.11 Å². The van der Waals surface area contributed by atoms with Crippen LogP contribution in [0.25, 0.3) is 0 Å². The highest BCUT2D eigenvalue weighted by Gasteiger charge is 2.17. The van der Waals surface area contributed by atoms with Crippen LogP contribution in [0, 0.1) is 6.92 Å². The Kier molecular flexibility index (Phi) is 4.69. The van der Waals surface area contributed by atoms with Crippen LogP contribution in [0.4, 0.5) is 0 Å². The van der Waals surface area contributed by atoms with Crippen LogP contribution in [-0.4, -0.2) is 18.3 Å². The first-order chi connectivity index (χ1) is 7.17. The Morgan fingerprint density at radius 2 is 2.27 bits per heavy atom. The number of hydrogen-bond acceptors (Lipinski definition) is 3. The zero-order valence-corrected chi connectivity index (χ0v) is 10.1. The van der Waals surface area contributed by atoms with Gasteiger partial charge in [-0.2, -0.15) is 0 Å². The van der Waals surface area contributed by atoms with Crippen molar-refractivity contribution in [3.05, 3.63) is 29.8 Å². The molecule has 0 saturated heterocycles. The molecule has 0 spiro atoms. The zero-order valence-electron chi connectivity index (χ0n) is 9.32. The van der Waals surface area contributed by atoms with Gasteiger partial charge in [-0.15, -0.1) is 11.8 Å². The molecule has 0 saturated carbocycles. The molecule has 1 aromatic carbocycles. The Labute approximate surface area is 95.0 Å². The molecule has 0 aliphatic heterocycles. The SMILES string of the molecule is CCC(Sc1cccc(C)c1)C(=O)OC. The van der Waals surface area contributed by atoms with Gasteiger partial charge in [0.2, 0.25) is 0 Å². The van der Waals surface area contributed by atoms with E-state index in [0.717, 1.165) is 11.3 Å². The normalized spacial score (nSPS) is 12.2. The third kappa shape index (κ3) is 3.59. The monoisotopic (exact) mass is 224 g/mol. The fraction of sp³-hybridized carbons (Fsp3) is 0.417. The van der Waals surface area contributed by atoms with Gasteiger partial charge in [0.15, 0.2) is 0 Å². The third-order valence-electron chi connectivity index (χ3n) is 2.10. The molecule has 3 heteroatoms. The summed E-state index contributed by atoms with van der Waals surface area (Å²) in [5, 5.41) is -0.100. The fourth-order valence-electron chi connectivity index (χ4n) is 1.28. The number of hydrogen-bond donors (Lipinski definition) is 0. The van der Waals surface area contributed by atoms with E-state index in [2.05, 4.69) is 6.07 Å². The van der Waals surface area contributed by atoms with Crippen LogP contribution in [0.3, 0.4) is 0 Å². The first-order valence-corrected chi connectivity index (χ1v) is 5.86. The van der Waals surface area contributed by atoms with Crippen molar-refractivity contribution in [2.45, 2.75) is 30.4 Å². The van der Waals surface area contributed by atoms with Gasteiger partial charge in [0.1, 0.15) is 5.25 Å². The Bertz CT molecular complexity index is 336. The summed E-state index contributed by atoms with van der Waals surface area (Å²) in [4.78, 5) is 12.5. The van der Waals surface area contributed by atoms with Gasteiger partial charge >= 0.3 is 5.97 Å². The Hall–Kier alpha value is -0.960. The number of rotatable bonds is 4. The molecular formula is C12H16O2S. The number of esters is 1. The fourth-order valence-corrected chi connectivity index (χ4v) is 2.38. The topological polar surface area (TPSA) is 26.3 Å². The Morgan fingerprint density at radius 1 is 1.53 bits per heavy atom. The summed E-state index contributed by atoms with van der Waals surface area (Å²) in [6.07, 6.45) is 0.783. The lowest BCUT2D eigenvalue weighted by Gasteiger charge is -2.11. The van der Waals surface area contributed by atoms with E-state index in [9.17, 15) is 4.79 Å². The molecule has 0 fully saturated rings. The Balaban J connectivity index is 2.70. The first-order valence-electron chi connectivity index (χ1n) is 4.98. The van der Waals surface area contributed by atoms with Crippen LogP contribution < -0.4 is 0 Å². The van der Waals surface area contributed by atoms with Crippen molar-refractivity contribution < 1.29 is 9.53 Å². The van der Waals surface area contributed by atoms with E-state index in [1.807, 2.05) is 32.0 Å². The number of aryl methyl sites for hydroxylation is 1. The summed E-state index contributed by atoms with van der Waals surface area (Å²) in [5.74, 6) is -0.149. The minimum atomic E-state index is -0.149. The lowest BCUT2D eigenvalue weighted by Crippen LogP contribution is -2.17. The minimum Gasteiger partial charge on any atom is -0.468 e. The zero-order chi connectivity index (χ0) is 11.3. The van der Waals surface area contributed by atoms with E-state index in [4.69, 9.17) is 4.74 Å². The molecule has 15 heavy (non-hydrogen) atoms. The molecule has 0 aliphatic carbocycles. The number of benzene rings is 1. The maximum Gasteiger partial charge on any atom is 0.319 e. The molecule has 0 amide bonds. The lowest BCUT2D eigenvalue weighted by molar-refractivity contribution is -0.140. The van der Waals surface area contributed by atoms with Gasteiger partial charge in [-0.3, -0.25) is 4.79 Å². The van der Waals surface area contributed by atoms with Crippen molar-refractivity contribution in [3.63, 3.8) is 0 Å². The van der Waals surface area contributed by atoms with Crippen molar-refractivity contribution in [2.24, 2.45) is 0 Å². The number of ether oxygens (including phenoxy) is 1. The molecule has 0 radical (unpaired) electrons. The summed E-state index contributed by atoms with van der Waals surface area (Å²) >= 11 is 1.56. The molecular weight excluding hydrogens is 208 g/mol. The van der Waals surface area contributed by atoms with Crippen LogP contribution in [0.1, 0.15) is 18.9 Å². The number of methoxy groups -OCH3 is 1. The van der Waals surface area contributed by atoms with Crippen molar-refractivity contribution >= 4 is 17.7 Å². The van der Waals surface area contributed by atoms with Gasteiger partial charge in [-0.1, -0.05) is 24.6 Å². The molecule has 1 atom stereocenters. The second kappa shape index (κ2) is 5.81. The van der Waals surface area contributed by atoms with Gasteiger partial charge in [-0.05, 0) is 25.5 Å². The van der Waals surface area contributed by atoms with Gasteiger partial charge in [0.25, 0.3) is 0 Å². The summed E-state index contributed by atoms with van der Waals surface area (Å²) in [6.45, 7) is 4.04. The maximum absolute atomic E-state index is 11.4. The lowest BCUT2D eigenvalue weighted by atomic mass is 10.2. The quantitative estimate of drug-likeness (QED) is 0.581. The smallest absolute Gasteiger partial charge is 0.319 e. The third-order valence-corrected chi connectivity index (χ3v) is 3.44. The Morgan fingerprint density at radius 3 is 2.80 bits per heavy atom. The van der Waals surface area contributed by atoms with E-state index in [0.29, 0.717) is 0 Å². The van der Waals surface area contributed by atoms with E-state index < -0.39 is 0 Å². The van der Waals surface area contributed by atoms with Crippen molar-refractivity contribution in [1.82, 2.24) is 0 Å². The van der Waals surface area contributed by atoms with E-state index in [1.165, 1.54) is 12.7 Å². The average molecular weight is 224 g/mol. The van der Waals surface area contributed by atoms with E-state index in [1.54, 1.807) is 11.8 Å². The molecule has 1 rings (SSSR count). The highest BCUT2D eigenvalue weighted by atomic mass is 32.2. The first kappa shape index (κ1) is 12.1. The van der Waals surface area contributed by atoms with Crippen molar-refractivity contribution in [1.29, 1.82) is 0 Å². The summed E-state index contributed by atoms with van der Waals surface area (Å²) < 4.78 is 4.75. The molecule has 0 aliphatic rings. The molecule has 0 aromatic heterocycles. The molecule has 0 N–H and O–H groups in total. The maximum atomic E-state index is 11.4. The second-order valence-electron chi connectivity index (χ2n) is 3.35. The van der Waals surface area contributed by atoms with E-state index >= 15 is 0 Å². The summed E-state index contributed by atoms with van der Waals surface area (Å²) in [7, 11) is 1.43. The van der Waals surface area contributed by atoms with Crippen LogP contribution in [0.5, 0.6) is 0 Å². The largest absolute Gasteiger partial charge is 0.468 e. The standard InChI is InChI=1S/C12H16O2S/c1-4-11(12(13)14-3)15-10-7-5-6-9(2)8-10/h5-8,11H,4H2,1-3H3. The number of carbonyl (C=O) groups is 1. The highest BCUT2D eigenvalue weighted by Crippen LogP contribution is 2.26. The summed E-state index contributed by atoms with van der Waals surface area (Å²) in [5.41, 5.74) is 1.21. The summed E-state index contributed by atoms with van der Waals surface area (Å²) in [6, 6.07) is 8.14. The molecule has 1 unspecified atom stereocenters. The molecule has 1 aromatic rings. The molecule has 2 nitrogen and oxygen atoms in total. The van der Waals surface area contributed by atoms with Crippen LogP contribution >= 0.6 is 11.8 Å².